The molecule has 0 radical (unpaired) electrons. The highest BCUT2D eigenvalue weighted by atomic mass is 35.5. The third kappa shape index (κ3) is 3.63. The number of hydrogen-bond acceptors (Lipinski definition) is 3. The maximum absolute atomic E-state index is 11.7. The monoisotopic (exact) mass is 296 g/mol. The van der Waals surface area contributed by atoms with Gasteiger partial charge in [0.15, 0.2) is 0 Å². The Balaban J connectivity index is 2.11. The molecule has 0 spiro atoms. The van der Waals surface area contributed by atoms with Gasteiger partial charge >= 0.3 is 5.97 Å². The number of rotatable bonds is 3. The zero-order valence-electron chi connectivity index (χ0n) is 9.77. The number of esters is 1. The van der Waals surface area contributed by atoms with E-state index in [1.54, 1.807) is 24.3 Å². The molecule has 0 saturated heterocycles. The van der Waals surface area contributed by atoms with Crippen molar-refractivity contribution >= 4 is 29.2 Å². The maximum atomic E-state index is 11.7. The summed E-state index contributed by atoms with van der Waals surface area (Å²) < 4.78 is 5.12. The predicted octanol–water partition coefficient (Wildman–Crippen LogP) is 3.85. The lowest BCUT2D eigenvalue weighted by molar-refractivity contribution is -0.133. The van der Waals surface area contributed by atoms with E-state index in [1.807, 2.05) is 6.07 Å². The van der Waals surface area contributed by atoms with Crippen LogP contribution in [0.5, 0.6) is 11.5 Å². The molecule has 0 saturated carbocycles. The first kappa shape index (κ1) is 13.7. The summed E-state index contributed by atoms with van der Waals surface area (Å²) in [5.74, 6) is -0.212. The number of aromatic hydroxyl groups is 1. The van der Waals surface area contributed by atoms with Crippen LogP contribution in [0.25, 0.3) is 0 Å². The minimum absolute atomic E-state index is 0.106. The van der Waals surface area contributed by atoms with Crippen LogP contribution in [0.4, 0.5) is 0 Å². The Morgan fingerprint density at radius 2 is 1.84 bits per heavy atom. The van der Waals surface area contributed by atoms with Crippen molar-refractivity contribution in [1.82, 2.24) is 0 Å². The number of carbonyl (C=O) groups excluding carboxylic acids is 1. The lowest BCUT2D eigenvalue weighted by atomic mass is 10.1. The van der Waals surface area contributed by atoms with Crippen LogP contribution >= 0.6 is 23.2 Å². The molecule has 0 aliphatic heterocycles. The molecule has 19 heavy (non-hydrogen) atoms. The lowest BCUT2D eigenvalue weighted by Crippen LogP contribution is -2.11. The highest BCUT2D eigenvalue weighted by molar-refractivity contribution is 6.35. The number of ether oxygens (including phenoxy) is 1. The topological polar surface area (TPSA) is 46.5 Å². The predicted molar refractivity (Wildman–Crippen MR) is 73.9 cm³/mol. The fraction of sp³-hybridized carbons (Fsp3) is 0.0714. The first-order valence-electron chi connectivity index (χ1n) is 5.49. The van der Waals surface area contributed by atoms with Gasteiger partial charge in [-0.05, 0) is 24.3 Å². The molecule has 0 aromatic heterocycles. The van der Waals surface area contributed by atoms with E-state index >= 15 is 0 Å². The summed E-state index contributed by atoms with van der Waals surface area (Å²) in [5.41, 5.74) is 0.332. The van der Waals surface area contributed by atoms with Gasteiger partial charge in [0, 0.05) is 10.6 Å². The number of halogens is 2. The van der Waals surface area contributed by atoms with E-state index < -0.39 is 5.97 Å². The SMILES string of the molecule is O=C(Cc1cc(Cl)cc(Cl)c1O)Oc1ccccc1. The fourth-order valence-corrected chi connectivity index (χ4v) is 2.10. The maximum Gasteiger partial charge on any atom is 0.315 e. The van der Waals surface area contributed by atoms with Gasteiger partial charge < -0.3 is 9.84 Å². The van der Waals surface area contributed by atoms with Crippen molar-refractivity contribution in [3.05, 3.63) is 58.1 Å². The molecule has 98 valence electrons. The molecule has 5 heteroatoms. The molecule has 2 aromatic rings. The van der Waals surface area contributed by atoms with Gasteiger partial charge in [0.1, 0.15) is 11.5 Å². The summed E-state index contributed by atoms with van der Waals surface area (Å²) in [6.45, 7) is 0. The van der Waals surface area contributed by atoms with Gasteiger partial charge in [-0.2, -0.15) is 0 Å². The molecule has 0 fully saturated rings. The molecule has 0 aliphatic carbocycles. The number of carbonyl (C=O) groups is 1. The Morgan fingerprint density at radius 3 is 2.53 bits per heavy atom. The molecule has 0 heterocycles. The summed E-state index contributed by atoms with van der Waals surface area (Å²) in [7, 11) is 0. The van der Waals surface area contributed by atoms with Gasteiger partial charge in [0.25, 0.3) is 0 Å². The van der Waals surface area contributed by atoms with Crippen molar-refractivity contribution in [3.63, 3.8) is 0 Å². The number of hydrogen-bond donors (Lipinski definition) is 1. The van der Waals surface area contributed by atoms with Crippen LogP contribution in [0.1, 0.15) is 5.56 Å². The van der Waals surface area contributed by atoms with E-state index in [0.717, 1.165) is 0 Å². The van der Waals surface area contributed by atoms with Crippen LogP contribution in [-0.2, 0) is 11.2 Å². The van der Waals surface area contributed by atoms with Gasteiger partial charge in [0.05, 0.1) is 11.4 Å². The van der Waals surface area contributed by atoms with E-state index in [9.17, 15) is 9.90 Å². The zero-order chi connectivity index (χ0) is 13.8. The van der Waals surface area contributed by atoms with E-state index in [0.29, 0.717) is 16.3 Å². The van der Waals surface area contributed by atoms with Crippen LogP contribution in [0.2, 0.25) is 10.0 Å². The van der Waals surface area contributed by atoms with Crippen LogP contribution in [0, 0.1) is 0 Å². The van der Waals surface area contributed by atoms with Gasteiger partial charge in [-0.1, -0.05) is 41.4 Å². The Hall–Kier alpha value is -1.71. The third-order valence-electron chi connectivity index (χ3n) is 2.42. The molecule has 1 N–H and O–H groups in total. The standard InChI is InChI=1S/C14H10Cl2O3/c15-10-6-9(14(18)12(16)8-10)7-13(17)19-11-4-2-1-3-5-11/h1-6,8,18H,7H2. The van der Waals surface area contributed by atoms with E-state index in [2.05, 4.69) is 0 Å². The molecule has 0 aliphatic rings. The minimum atomic E-state index is -0.500. The van der Waals surface area contributed by atoms with Crippen molar-refractivity contribution in [3.8, 4) is 11.5 Å². The van der Waals surface area contributed by atoms with E-state index in [-0.39, 0.29) is 17.2 Å². The molecule has 0 bridgehead atoms. The fourth-order valence-electron chi connectivity index (χ4n) is 1.57. The second kappa shape index (κ2) is 5.95. The van der Waals surface area contributed by atoms with Crippen molar-refractivity contribution in [1.29, 1.82) is 0 Å². The Kier molecular flexibility index (Phi) is 4.30. The van der Waals surface area contributed by atoms with Gasteiger partial charge in [0.2, 0.25) is 0 Å². The average Bonchev–Trinajstić information content (AvgIpc) is 2.36. The van der Waals surface area contributed by atoms with Crippen molar-refractivity contribution in [2.75, 3.05) is 0 Å². The van der Waals surface area contributed by atoms with Crippen LogP contribution in [-0.4, -0.2) is 11.1 Å². The molecular weight excluding hydrogens is 287 g/mol. The van der Waals surface area contributed by atoms with Crippen LogP contribution in [0.3, 0.4) is 0 Å². The summed E-state index contributed by atoms with van der Waals surface area (Å²) in [6, 6.07) is 11.6. The number of para-hydroxylation sites is 1. The summed E-state index contributed by atoms with van der Waals surface area (Å²) in [4.78, 5) is 11.7. The first-order chi connectivity index (χ1) is 9.06. The molecule has 0 unspecified atom stereocenters. The minimum Gasteiger partial charge on any atom is -0.506 e. The van der Waals surface area contributed by atoms with E-state index in [4.69, 9.17) is 27.9 Å². The van der Waals surface area contributed by atoms with Gasteiger partial charge in [-0.25, -0.2) is 0 Å². The quantitative estimate of drug-likeness (QED) is 0.691. The highest BCUT2D eigenvalue weighted by Gasteiger charge is 2.13. The Morgan fingerprint density at radius 1 is 1.16 bits per heavy atom. The van der Waals surface area contributed by atoms with Crippen molar-refractivity contribution < 1.29 is 14.6 Å². The van der Waals surface area contributed by atoms with E-state index in [1.165, 1.54) is 12.1 Å². The summed E-state index contributed by atoms with van der Waals surface area (Å²) in [6.07, 6.45) is -0.110. The molecule has 3 nitrogen and oxygen atoms in total. The highest BCUT2D eigenvalue weighted by Crippen LogP contribution is 2.31. The van der Waals surface area contributed by atoms with Crippen LogP contribution < -0.4 is 4.74 Å². The lowest BCUT2D eigenvalue weighted by Gasteiger charge is -2.07. The number of phenolic OH excluding ortho intramolecular Hbond substituents is 1. The average molecular weight is 297 g/mol. The normalized spacial score (nSPS) is 10.2. The molecule has 2 aromatic carbocycles. The third-order valence-corrected chi connectivity index (χ3v) is 2.92. The van der Waals surface area contributed by atoms with Gasteiger partial charge in [-0.3, -0.25) is 4.79 Å². The first-order valence-corrected chi connectivity index (χ1v) is 6.24. The van der Waals surface area contributed by atoms with Crippen LogP contribution in [0.15, 0.2) is 42.5 Å². The molecule has 0 atom stereocenters. The molecule has 2 rings (SSSR count). The van der Waals surface area contributed by atoms with Gasteiger partial charge in [-0.15, -0.1) is 0 Å². The molecular formula is C14H10Cl2O3. The second-order valence-electron chi connectivity index (χ2n) is 3.86. The summed E-state index contributed by atoms with van der Waals surface area (Å²) in [5, 5.41) is 10.2. The summed E-state index contributed by atoms with van der Waals surface area (Å²) >= 11 is 11.6. The second-order valence-corrected chi connectivity index (χ2v) is 4.70. The smallest absolute Gasteiger partial charge is 0.315 e. The number of benzene rings is 2. The molecule has 0 amide bonds. The Labute approximate surface area is 120 Å². The number of phenols is 1. The zero-order valence-corrected chi connectivity index (χ0v) is 11.3. The Bertz CT molecular complexity index is 597. The van der Waals surface area contributed by atoms with Crippen molar-refractivity contribution in [2.24, 2.45) is 0 Å². The van der Waals surface area contributed by atoms with Crippen molar-refractivity contribution in [2.45, 2.75) is 6.42 Å². The largest absolute Gasteiger partial charge is 0.506 e.